The standard InChI is InChI=1S/C18H29NO7Si/c1-5-23-27(24-6-2,25-7-3)13-9-12-19-18(22)26-16-14(4)10-8-11-15(16)17(20)21/h8,10-11H,5-7,9,12-13H2,1-4H3,(H,19,22)(H,20,21). The fourth-order valence-electron chi connectivity index (χ4n) is 2.58. The van der Waals surface area contributed by atoms with Crippen LogP contribution in [0.5, 0.6) is 5.75 Å². The van der Waals surface area contributed by atoms with Gasteiger partial charge in [0.2, 0.25) is 0 Å². The normalized spacial score (nSPS) is 11.3. The summed E-state index contributed by atoms with van der Waals surface area (Å²) in [6, 6.07) is 5.24. The van der Waals surface area contributed by atoms with Crippen LogP contribution in [0.25, 0.3) is 0 Å². The Kier molecular flexibility index (Phi) is 10.0. The average Bonchev–Trinajstić information content (AvgIpc) is 2.61. The smallest absolute Gasteiger partial charge is 0.478 e. The maximum atomic E-state index is 12.0. The van der Waals surface area contributed by atoms with Crippen molar-refractivity contribution in [1.29, 1.82) is 0 Å². The van der Waals surface area contributed by atoms with Crippen molar-refractivity contribution in [3.05, 3.63) is 29.3 Å². The van der Waals surface area contributed by atoms with E-state index < -0.39 is 20.9 Å². The first kappa shape index (κ1) is 23.1. The molecule has 27 heavy (non-hydrogen) atoms. The fourth-order valence-corrected chi connectivity index (χ4v) is 5.19. The lowest BCUT2D eigenvalue weighted by atomic mass is 10.1. The number of benzene rings is 1. The monoisotopic (exact) mass is 399 g/mol. The predicted molar refractivity (Wildman–Crippen MR) is 102 cm³/mol. The Balaban J connectivity index is 2.59. The third kappa shape index (κ3) is 7.29. The number of carboxylic acids is 1. The lowest BCUT2D eigenvalue weighted by Gasteiger charge is -2.28. The summed E-state index contributed by atoms with van der Waals surface area (Å²) in [7, 11) is -2.74. The molecule has 0 aliphatic carbocycles. The molecule has 0 fully saturated rings. The Morgan fingerprint density at radius 1 is 1.07 bits per heavy atom. The highest BCUT2D eigenvalue weighted by atomic mass is 28.4. The van der Waals surface area contributed by atoms with Crippen molar-refractivity contribution in [3.8, 4) is 5.75 Å². The van der Waals surface area contributed by atoms with E-state index in [2.05, 4.69) is 5.32 Å². The van der Waals surface area contributed by atoms with Gasteiger partial charge in [0.05, 0.1) is 0 Å². The molecule has 0 spiro atoms. The molecule has 2 N–H and O–H groups in total. The maximum absolute atomic E-state index is 12.0. The number of ether oxygens (including phenoxy) is 1. The Labute approximate surface area is 161 Å². The molecule has 0 saturated carbocycles. The molecular formula is C18H29NO7Si. The number of para-hydroxylation sites is 1. The summed E-state index contributed by atoms with van der Waals surface area (Å²) < 4.78 is 22.5. The first-order valence-electron chi connectivity index (χ1n) is 9.09. The first-order chi connectivity index (χ1) is 12.9. The minimum atomic E-state index is -2.74. The average molecular weight is 400 g/mol. The predicted octanol–water partition coefficient (Wildman–Crippen LogP) is 3.22. The van der Waals surface area contributed by atoms with Crippen molar-refractivity contribution >= 4 is 20.9 Å². The molecule has 152 valence electrons. The molecule has 0 atom stereocenters. The van der Waals surface area contributed by atoms with Gasteiger partial charge < -0.3 is 28.4 Å². The molecule has 1 aromatic rings. The maximum Gasteiger partial charge on any atom is 0.500 e. The number of carbonyl (C=O) groups is 2. The van der Waals surface area contributed by atoms with E-state index in [-0.39, 0.29) is 11.3 Å². The number of hydrogen-bond donors (Lipinski definition) is 2. The van der Waals surface area contributed by atoms with E-state index in [4.69, 9.17) is 18.0 Å². The quantitative estimate of drug-likeness (QED) is 0.411. The van der Waals surface area contributed by atoms with E-state index in [1.165, 1.54) is 6.07 Å². The summed E-state index contributed by atoms with van der Waals surface area (Å²) in [6.07, 6.45) is -0.121. The minimum absolute atomic E-state index is 0.0455. The van der Waals surface area contributed by atoms with Crippen LogP contribution in [0.2, 0.25) is 6.04 Å². The number of amides is 1. The van der Waals surface area contributed by atoms with E-state index in [0.717, 1.165) is 0 Å². The van der Waals surface area contributed by atoms with Gasteiger partial charge in [-0.2, -0.15) is 0 Å². The SMILES string of the molecule is CCO[Si](CCCNC(=O)Oc1c(C)cccc1C(=O)O)(OCC)OCC. The summed E-state index contributed by atoms with van der Waals surface area (Å²) in [6.45, 7) is 9.15. The van der Waals surface area contributed by atoms with Crippen molar-refractivity contribution in [3.63, 3.8) is 0 Å². The van der Waals surface area contributed by atoms with Gasteiger partial charge in [0, 0.05) is 32.4 Å². The molecule has 0 aliphatic heterocycles. The highest BCUT2D eigenvalue weighted by Crippen LogP contribution is 2.23. The van der Waals surface area contributed by atoms with Crippen molar-refractivity contribution in [2.24, 2.45) is 0 Å². The lowest BCUT2D eigenvalue weighted by molar-refractivity contribution is 0.0687. The summed E-state index contributed by atoms with van der Waals surface area (Å²) >= 11 is 0. The summed E-state index contributed by atoms with van der Waals surface area (Å²) in [4.78, 5) is 23.3. The molecule has 9 heteroatoms. The van der Waals surface area contributed by atoms with Crippen LogP contribution in [0, 0.1) is 6.92 Å². The number of nitrogens with one attached hydrogen (secondary N) is 1. The summed E-state index contributed by atoms with van der Waals surface area (Å²) in [5.41, 5.74) is 0.515. The number of rotatable bonds is 12. The molecule has 0 unspecified atom stereocenters. The Morgan fingerprint density at radius 3 is 2.19 bits per heavy atom. The zero-order chi connectivity index (χ0) is 20.3. The van der Waals surface area contributed by atoms with Crippen molar-refractivity contribution < 1.29 is 32.7 Å². The third-order valence-electron chi connectivity index (χ3n) is 3.66. The third-order valence-corrected chi connectivity index (χ3v) is 6.81. The second-order valence-electron chi connectivity index (χ2n) is 5.66. The highest BCUT2D eigenvalue weighted by molar-refractivity contribution is 6.60. The molecule has 1 aromatic carbocycles. The summed E-state index contributed by atoms with van der Waals surface area (Å²) in [5.74, 6) is -1.11. The molecule has 1 amide bonds. The fraction of sp³-hybridized carbons (Fsp3) is 0.556. The van der Waals surface area contributed by atoms with E-state index in [1.54, 1.807) is 19.1 Å². The van der Waals surface area contributed by atoms with Crippen LogP contribution in [0.3, 0.4) is 0 Å². The number of aryl methyl sites for hydroxylation is 1. The zero-order valence-corrected chi connectivity index (χ0v) is 17.4. The van der Waals surface area contributed by atoms with Crippen LogP contribution in [0.1, 0.15) is 43.1 Å². The van der Waals surface area contributed by atoms with Crippen LogP contribution < -0.4 is 10.1 Å². The first-order valence-corrected chi connectivity index (χ1v) is 11.0. The van der Waals surface area contributed by atoms with Gasteiger partial charge in [-0.15, -0.1) is 0 Å². The van der Waals surface area contributed by atoms with Gasteiger partial charge in [-0.05, 0) is 45.7 Å². The Morgan fingerprint density at radius 2 is 1.67 bits per heavy atom. The van der Waals surface area contributed by atoms with E-state index in [0.29, 0.717) is 44.4 Å². The van der Waals surface area contributed by atoms with Gasteiger partial charge in [-0.3, -0.25) is 0 Å². The number of hydrogen-bond acceptors (Lipinski definition) is 6. The van der Waals surface area contributed by atoms with Gasteiger partial charge in [0.25, 0.3) is 0 Å². The minimum Gasteiger partial charge on any atom is -0.478 e. The largest absolute Gasteiger partial charge is 0.500 e. The zero-order valence-electron chi connectivity index (χ0n) is 16.4. The van der Waals surface area contributed by atoms with Crippen LogP contribution in [-0.4, -0.2) is 52.3 Å². The van der Waals surface area contributed by atoms with Crippen molar-refractivity contribution in [2.45, 2.75) is 40.2 Å². The molecule has 8 nitrogen and oxygen atoms in total. The Hall–Kier alpha value is -1.94. The molecular weight excluding hydrogens is 370 g/mol. The van der Waals surface area contributed by atoms with Gasteiger partial charge in [0.1, 0.15) is 11.3 Å². The van der Waals surface area contributed by atoms with E-state index >= 15 is 0 Å². The molecule has 0 radical (unpaired) electrons. The molecule has 0 aliphatic rings. The molecule has 0 saturated heterocycles. The van der Waals surface area contributed by atoms with Crippen LogP contribution in [0.4, 0.5) is 4.79 Å². The lowest BCUT2D eigenvalue weighted by Crippen LogP contribution is -2.46. The number of aromatic carboxylic acids is 1. The second kappa shape index (κ2) is 11.7. The van der Waals surface area contributed by atoms with Crippen LogP contribution >= 0.6 is 0 Å². The molecule has 0 bridgehead atoms. The molecule has 0 heterocycles. The molecule has 1 rings (SSSR count). The number of carbonyl (C=O) groups excluding carboxylic acids is 1. The van der Waals surface area contributed by atoms with E-state index in [9.17, 15) is 14.7 Å². The van der Waals surface area contributed by atoms with Gasteiger partial charge >= 0.3 is 20.9 Å². The highest BCUT2D eigenvalue weighted by Gasteiger charge is 2.39. The Bertz CT molecular complexity index is 607. The van der Waals surface area contributed by atoms with Crippen LogP contribution in [-0.2, 0) is 13.3 Å². The number of carboxylic acid groups (broad SMARTS) is 1. The van der Waals surface area contributed by atoms with Crippen LogP contribution in [0.15, 0.2) is 18.2 Å². The van der Waals surface area contributed by atoms with E-state index in [1.807, 2.05) is 20.8 Å². The van der Waals surface area contributed by atoms with Crippen molar-refractivity contribution in [2.75, 3.05) is 26.4 Å². The molecule has 0 aromatic heterocycles. The second-order valence-corrected chi connectivity index (χ2v) is 8.39. The topological polar surface area (TPSA) is 103 Å². The van der Waals surface area contributed by atoms with Gasteiger partial charge in [0.15, 0.2) is 0 Å². The van der Waals surface area contributed by atoms with Gasteiger partial charge in [-0.1, -0.05) is 12.1 Å². The van der Waals surface area contributed by atoms with Crippen molar-refractivity contribution in [1.82, 2.24) is 5.32 Å². The van der Waals surface area contributed by atoms with Gasteiger partial charge in [-0.25, -0.2) is 9.59 Å². The summed E-state index contributed by atoms with van der Waals surface area (Å²) in [5, 5.41) is 11.8.